The summed E-state index contributed by atoms with van der Waals surface area (Å²) in [4.78, 5) is 27.6. The van der Waals surface area contributed by atoms with Crippen molar-refractivity contribution >= 4 is 34.8 Å². The van der Waals surface area contributed by atoms with E-state index in [0.717, 1.165) is 16.9 Å². The number of thiophene rings is 1. The molecule has 1 unspecified atom stereocenters. The molecule has 25 heavy (non-hydrogen) atoms. The van der Waals surface area contributed by atoms with Crippen molar-refractivity contribution in [2.24, 2.45) is 0 Å². The molecule has 0 fully saturated rings. The van der Waals surface area contributed by atoms with Crippen molar-refractivity contribution in [3.8, 4) is 0 Å². The molecule has 4 nitrogen and oxygen atoms in total. The van der Waals surface area contributed by atoms with Gasteiger partial charge in [0, 0.05) is 17.5 Å². The fourth-order valence-corrected chi connectivity index (χ4v) is 3.67. The smallest absolute Gasteiger partial charge is 0.248 e. The maximum absolute atomic E-state index is 12.9. The van der Waals surface area contributed by atoms with Crippen LogP contribution in [0.2, 0.25) is 0 Å². The van der Waals surface area contributed by atoms with E-state index < -0.39 is 6.04 Å². The van der Waals surface area contributed by atoms with Crippen LogP contribution in [0.3, 0.4) is 0 Å². The molecule has 1 aromatic carbocycles. The number of nitrogens with one attached hydrogen (secondary N) is 1. The molecule has 0 saturated carbocycles. The Morgan fingerprint density at radius 3 is 2.44 bits per heavy atom. The van der Waals surface area contributed by atoms with Gasteiger partial charge in [-0.05, 0) is 37.3 Å². The first-order chi connectivity index (χ1) is 12.0. The van der Waals surface area contributed by atoms with E-state index in [0.29, 0.717) is 6.54 Å². The van der Waals surface area contributed by atoms with Crippen molar-refractivity contribution in [2.75, 3.05) is 12.4 Å². The van der Waals surface area contributed by atoms with E-state index >= 15 is 0 Å². The third-order valence-corrected chi connectivity index (χ3v) is 5.01. The van der Waals surface area contributed by atoms with E-state index in [1.165, 1.54) is 11.3 Å². The van der Waals surface area contributed by atoms with Gasteiger partial charge in [-0.1, -0.05) is 36.4 Å². The van der Waals surface area contributed by atoms with Gasteiger partial charge < -0.3 is 10.2 Å². The van der Waals surface area contributed by atoms with Crippen LogP contribution in [0.5, 0.6) is 0 Å². The number of benzene rings is 1. The predicted molar refractivity (Wildman–Crippen MR) is 103 cm³/mol. The minimum Gasteiger partial charge on any atom is -0.354 e. The zero-order valence-electron chi connectivity index (χ0n) is 14.4. The minimum absolute atomic E-state index is 0.127. The molecule has 2 amide bonds. The van der Waals surface area contributed by atoms with Gasteiger partial charge in [-0.2, -0.15) is 0 Å². The van der Waals surface area contributed by atoms with Crippen molar-refractivity contribution in [2.45, 2.75) is 32.4 Å². The Morgan fingerprint density at radius 1 is 1.16 bits per heavy atom. The number of carbonyl (C=O) groups is 2. The standard InChI is InChI=1S/C19H23ClN2O2S/c1-14(2)22(17(23)13-20)18(16-9-6-12-25-16)19(24)21-11-10-15-7-4-3-5-8-15/h3-9,12,14,18H,10-11,13H2,1-2H3,(H,21,24). The topological polar surface area (TPSA) is 49.4 Å². The maximum atomic E-state index is 12.9. The quantitative estimate of drug-likeness (QED) is 0.713. The molecule has 1 heterocycles. The molecule has 1 atom stereocenters. The Kier molecular flexibility index (Phi) is 7.47. The SMILES string of the molecule is CC(C)N(C(=O)CCl)C(C(=O)NCCc1ccccc1)c1cccs1. The highest BCUT2D eigenvalue weighted by atomic mass is 35.5. The normalized spacial score (nSPS) is 12.0. The molecule has 2 rings (SSSR count). The van der Waals surface area contributed by atoms with Gasteiger partial charge in [-0.15, -0.1) is 22.9 Å². The van der Waals surface area contributed by atoms with Crippen LogP contribution in [0.4, 0.5) is 0 Å². The Bertz CT molecular complexity index is 674. The third-order valence-electron chi connectivity index (χ3n) is 3.85. The van der Waals surface area contributed by atoms with Crippen LogP contribution < -0.4 is 5.32 Å². The highest BCUT2D eigenvalue weighted by molar-refractivity contribution is 7.10. The first-order valence-corrected chi connectivity index (χ1v) is 9.68. The van der Waals surface area contributed by atoms with Gasteiger partial charge in [-0.25, -0.2) is 0 Å². The highest BCUT2D eigenvalue weighted by Crippen LogP contribution is 2.27. The van der Waals surface area contributed by atoms with Gasteiger partial charge in [0.05, 0.1) is 0 Å². The molecule has 1 aromatic heterocycles. The fraction of sp³-hybridized carbons (Fsp3) is 0.368. The second kappa shape index (κ2) is 9.59. The van der Waals surface area contributed by atoms with Crippen molar-refractivity contribution in [3.05, 3.63) is 58.3 Å². The number of rotatable bonds is 8. The van der Waals surface area contributed by atoms with Crippen LogP contribution in [-0.4, -0.2) is 35.2 Å². The molecule has 2 aromatic rings. The Balaban J connectivity index is 2.12. The van der Waals surface area contributed by atoms with E-state index in [-0.39, 0.29) is 23.7 Å². The molecule has 134 valence electrons. The number of carbonyl (C=O) groups excluding carboxylic acids is 2. The van der Waals surface area contributed by atoms with E-state index in [9.17, 15) is 9.59 Å². The summed E-state index contributed by atoms with van der Waals surface area (Å²) in [5, 5.41) is 4.87. The second-order valence-electron chi connectivity index (χ2n) is 5.97. The summed E-state index contributed by atoms with van der Waals surface area (Å²) in [6.07, 6.45) is 0.745. The summed E-state index contributed by atoms with van der Waals surface area (Å²) in [5.41, 5.74) is 1.16. The summed E-state index contributed by atoms with van der Waals surface area (Å²) in [7, 11) is 0. The summed E-state index contributed by atoms with van der Waals surface area (Å²) < 4.78 is 0. The first kappa shape index (κ1) is 19.5. The third kappa shape index (κ3) is 5.31. The van der Waals surface area contributed by atoms with Crippen molar-refractivity contribution in [1.29, 1.82) is 0 Å². The van der Waals surface area contributed by atoms with Gasteiger partial charge in [-0.3, -0.25) is 9.59 Å². The number of alkyl halides is 1. The lowest BCUT2D eigenvalue weighted by Crippen LogP contribution is -2.47. The lowest BCUT2D eigenvalue weighted by Gasteiger charge is -2.33. The molecule has 0 saturated heterocycles. The van der Waals surface area contributed by atoms with E-state index in [1.807, 2.05) is 61.7 Å². The maximum Gasteiger partial charge on any atom is 0.248 e. The second-order valence-corrected chi connectivity index (χ2v) is 7.22. The highest BCUT2D eigenvalue weighted by Gasteiger charge is 2.33. The van der Waals surface area contributed by atoms with Gasteiger partial charge in [0.15, 0.2) is 0 Å². The lowest BCUT2D eigenvalue weighted by atomic mass is 10.1. The molecule has 0 bridgehead atoms. The van der Waals surface area contributed by atoms with Gasteiger partial charge in [0.25, 0.3) is 0 Å². The molecule has 0 aliphatic rings. The zero-order valence-corrected chi connectivity index (χ0v) is 16.0. The molecular formula is C19H23ClN2O2S. The Hall–Kier alpha value is -1.85. The summed E-state index contributed by atoms with van der Waals surface area (Å²) >= 11 is 7.23. The van der Waals surface area contributed by atoms with Gasteiger partial charge in [0.1, 0.15) is 11.9 Å². The summed E-state index contributed by atoms with van der Waals surface area (Å²) in [6.45, 7) is 4.30. The molecule has 0 radical (unpaired) electrons. The van der Waals surface area contributed by atoms with Crippen LogP contribution in [-0.2, 0) is 16.0 Å². The van der Waals surface area contributed by atoms with Crippen molar-refractivity contribution < 1.29 is 9.59 Å². The van der Waals surface area contributed by atoms with Crippen LogP contribution >= 0.6 is 22.9 Å². The first-order valence-electron chi connectivity index (χ1n) is 8.26. The Labute approximate surface area is 157 Å². The number of hydrogen-bond donors (Lipinski definition) is 1. The average molecular weight is 379 g/mol. The number of amides is 2. The predicted octanol–water partition coefficient (Wildman–Crippen LogP) is 3.62. The van der Waals surface area contributed by atoms with E-state index in [2.05, 4.69) is 5.32 Å². The molecule has 1 N–H and O–H groups in total. The van der Waals surface area contributed by atoms with Crippen LogP contribution in [0.15, 0.2) is 47.8 Å². The van der Waals surface area contributed by atoms with E-state index in [4.69, 9.17) is 11.6 Å². The van der Waals surface area contributed by atoms with Crippen LogP contribution in [0.1, 0.15) is 30.3 Å². The van der Waals surface area contributed by atoms with Crippen LogP contribution in [0, 0.1) is 0 Å². The molecular weight excluding hydrogens is 356 g/mol. The largest absolute Gasteiger partial charge is 0.354 e. The molecule has 0 aliphatic carbocycles. The van der Waals surface area contributed by atoms with Crippen LogP contribution in [0.25, 0.3) is 0 Å². The zero-order chi connectivity index (χ0) is 18.2. The number of nitrogens with zero attached hydrogens (tertiary/aromatic N) is 1. The van der Waals surface area contributed by atoms with Crippen molar-refractivity contribution in [3.63, 3.8) is 0 Å². The lowest BCUT2D eigenvalue weighted by molar-refractivity contribution is -0.140. The Morgan fingerprint density at radius 2 is 1.88 bits per heavy atom. The molecule has 0 aliphatic heterocycles. The van der Waals surface area contributed by atoms with Gasteiger partial charge >= 0.3 is 0 Å². The average Bonchev–Trinajstić information content (AvgIpc) is 3.13. The summed E-state index contributed by atoms with van der Waals surface area (Å²) in [6, 6.07) is 13.0. The van der Waals surface area contributed by atoms with Gasteiger partial charge in [0.2, 0.25) is 11.8 Å². The number of hydrogen-bond acceptors (Lipinski definition) is 3. The number of halogens is 1. The van der Waals surface area contributed by atoms with E-state index in [1.54, 1.807) is 4.90 Å². The van der Waals surface area contributed by atoms with Crippen molar-refractivity contribution in [1.82, 2.24) is 10.2 Å². The molecule has 6 heteroatoms. The monoisotopic (exact) mass is 378 g/mol. The minimum atomic E-state index is -0.651. The summed E-state index contributed by atoms with van der Waals surface area (Å²) in [5.74, 6) is -0.559. The fourth-order valence-electron chi connectivity index (χ4n) is 2.71. The molecule has 0 spiro atoms.